The van der Waals surface area contributed by atoms with E-state index in [1.54, 1.807) is 12.1 Å². The van der Waals surface area contributed by atoms with Gasteiger partial charge in [0.25, 0.3) is 0 Å². The number of allylic oxidation sites excluding steroid dienone is 1. The molecule has 15 heavy (non-hydrogen) atoms. The average molecular weight is 271 g/mol. The molecule has 0 spiro atoms. The molecule has 0 aromatic heterocycles. The third-order valence-corrected chi connectivity index (χ3v) is 2.38. The van der Waals surface area contributed by atoms with Crippen LogP contribution in [0.25, 0.3) is 0 Å². The third kappa shape index (κ3) is 2.59. The Kier molecular flexibility index (Phi) is 3.91. The number of benzene rings is 1. The number of rotatable bonds is 3. The molecule has 0 saturated heterocycles. The fourth-order valence-corrected chi connectivity index (χ4v) is 1.74. The van der Waals surface area contributed by atoms with Crippen molar-refractivity contribution in [2.75, 3.05) is 7.11 Å². The molecular weight excluding hydrogens is 260 g/mol. The van der Waals surface area contributed by atoms with Gasteiger partial charge >= 0.3 is 5.97 Å². The summed E-state index contributed by atoms with van der Waals surface area (Å²) in [6.07, 6.45) is 2.15. The van der Waals surface area contributed by atoms with Crippen LogP contribution in [0.1, 0.15) is 15.9 Å². The van der Waals surface area contributed by atoms with Gasteiger partial charge < -0.3 is 9.84 Å². The van der Waals surface area contributed by atoms with E-state index < -0.39 is 5.97 Å². The van der Waals surface area contributed by atoms with Crippen molar-refractivity contribution >= 4 is 21.9 Å². The van der Waals surface area contributed by atoms with Crippen LogP contribution in [-0.2, 0) is 11.2 Å². The van der Waals surface area contributed by atoms with Gasteiger partial charge in [-0.1, -0.05) is 22.0 Å². The molecule has 0 aliphatic rings. The van der Waals surface area contributed by atoms with Crippen molar-refractivity contribution in [3.8, 4) is 5.75 Å². The van der Waals surface area contributed by atoms with Crippen LogP contribution in [0.3, 0.4) is 0 Å². The molecule has 0 atom stereocenters. The molecule has 0 unspecified atom stereocenters. The maximum absolute atomic E-state index is 11.3. The zero-order chi connectivity index (χ0) is 11.4. The lowest BCUT2D eigenvalue weighted by Gasteiger charge is -2.07. The molecule has 0 saturated carbocycles. The fraction of sp³-hybridized carbons (Fsp3) is 0.182. The van der Waals surface area contributed by atoms with Crippen LogP contribution in [0.4, 0.5) is 0 Å². The van der Waals surface area contributed by atoms with Crippen molar-refractivity contribution in [2.45, 2.75) is 6.42 Å². The van der Waals surface area contributed by atoms with E-state index >= 15 is 0 Å². The summed E-state index contributed by atoms with van der Waals surface area (Å²) in [6, 6.07) is 3.26. The number of phenolic OH excluding ortho intramolecular Hbond substituents is 1. The molecular formula is C11H11BrO3. The van der Waals surface area contributed by atoms with Crippen molar-refractivity contribution in [2.24, 2.45) is 0 Å². The maximum atomic E-state index is 11.3. The summed E-state index contributed by atoms with van der Waals surface area (Å²) >= 11 is 3.26. The molecule has 1 N–H and O–H groups in total. The normalized spacial score (nSPS) is 9.73. The van der Waals surface area contributed by atoms with Gasteiger partial charge in [0.15, 0.2) is 0 Å². The van der Waals surface area contributed by atoms with Crippen LogP contribution in [0.15, 0.2) is 29.3 Å². The van der Waals surface area contributed by atoms with Crippen LogP contribution < -0.4 is 0 Å². The summed E-state index contributed by atoms with van der Waals surface area (Å²) in [6.45, 7) is 3.58. The number of phenols is 1. The summed E-state index contributed by atoms with van der Waals surface area (Å²) < 4.78 is 5.28. The highest BCUT2D eigenvalue weighted by Gasteiger charge is 2.15. The molecule has 80 valence electrons. The Morgan fingerprint density at radius 1 is 1.67 bits per heavy atom. The lowest BCUT2D eigenvalue weighted by Crippen LogP contribution is -2.03. The van der Waals surface area contributed by atoms with Crippen LogP contribution in [-0.4, -0.2) is 18.2 Å². The van der Waals surface area contributed by atoms with Gasteiger partial charge in [-0.25, -0.2) is 4.79 Å². The molecule has 4 heteroatoms. The second kappa shape index (κ2) is 4.98. The monoisotopic (exact) mass is 270 g/mol. The number of carbonyl (C=O) groups excluding carboxylic acids is 1. The minimum absolute atomic E-state index is 0.0510. The molecule has 0 aliphatic heterocycles. The van der Waals surface area contributed by atoms with E-state index in [-0.39, 0.29) is 11.3 Å². The molecule has 0 aliphatic carbocycles. The summed E-state index contributed by atoms with van der Waals surface area (Å²) in [4.78, 5) is 11.3. The molecule has 0 fully saturated rings. The van der Waals surface area contributed by atoms with Crippen molar-refractivity contribution in [1.29, 1.82) is 0 Å². The first-order chi connectivity index (χ1) is 7.10. The number of ether oxygens (including phenoxy) is 1. The maximum Gasteiger partial charge on any atom is 0.341 e. The number of methoxy groups -OCH3 is 1. The van der Waals surface area contributed by atoms with Crippen LogP contribution in [0, 0.1) is 0 Å². The predicted octanol–water partition coefficient (Wildman–Crippen LogP) is 2.67. The van der Waals surface area contributed by atoms with Crippen LogP contribution >= 0.6 is 15.9 Å². The van der Waals surface area contributed by atoms with Crippen molar-refractivity contribution in [3.05, 3.63) is 40.4 Å². The number of hydrogen-bond donors (Lipinski definition) is 1. The van der Waals surface area contributed by atoms with Gasteiger partial charge in [-0.05, 0) is 24.1 Å². The minimum atomic E-state index is -0.556. The van der Waals surface area contributed by atoms with E-state index in [0.29, 0.717) is 12.0 Å². The highest BCUT2D eigenvalue weighted by molar-refractivity contribution is 9.10. The molecule has 1 rings (SSSR count). The van der Waals surface area contributed by atoms with Crippen LogP contribution in [0.2, 0.25) is 0 Å². The molecule has 0 bridgehead atoms. The SMILES string of the molecule is C=CCc1cc(Br)cc(C(=O)OC)c1O. The van der Waals surface area contributed by atoms with Gasteiger partial charge in [-0.3, -0.25) is 0 Å². The first-order valence-corrected chi connectivity index (χ1v) is 5.10. The summed E-state index contributed by atoms with van der Waals surface area (Å²) in [5.74, 6) is -0.607. The van der Waals surface area contributed by atoms with Gasteiger partial charge in [-0.2, -0.15) is 0 Å². The fourth-order valence-electron chi connectivity index (χ4n) is 1.23. The number of carbonyl (C=O) groups is 1. The standard InChI is InChI=1S/C11H11BrO3/c1-3-4-7-5-8(12)6-9(10(7)13)11(14)15-2/h3,5-6,13H,1,4H2,2H3. The van der Waals surface area contributed by atoms with E-state index in [4.69, 9.17) is 0 Å². The lowest BCUT2D eigenvalue weighted by atomic mass is 10.1. The van der Waals surface area contributed by atoms with E-state index in [2.05, 4.69) is 27.2 Å². The Morgan fingerprint density at radius 2 is 2.33 bits per heavy atom. The second-order valence-corrected chi connectivity index (χ2v) is 3.86. The number of esters is 1. The number of halogens is 1. The lowest BCUT2D eigenvalue weighted by molar-refractivity contribution is 0.0597. The summed E-state index contributed by atoms with van der Waals surface area (Å²) in [5.41, 5.74) is 0.795. The molecule has 0 radical (unpaired) electrons. The Morgan fingerprint density at radius 3 is 2.87 bits per heavy atom. The van der Waals surface area contributed by atoms with E-state index in [1.165, 1.54) is 13.2 Å². The first-order valence-electron chi connectivity index (χ1n) is 4.30. The zero-order valence-corrected chi connectivity index (χ0v) is 9.87. The van der Waals surface area contributed by atoms with Crippen molar-refractivity contribution in [1.82, 2.24) is 0 Å². The predicted molar refractivity (Wildman–Crippen MR) is 61.0 cm³/mol. The van der Waals surface area contributed by atoms with E-state index in [1.807, 2.05) is 0 Å². The highest BCUT2D eigenvalue weighted by Crippen LogP contribution is 2.28. The molecule has 1 aromatic carbocycles. The van der Waals surface area contributed by atoms with Gasteiger partial charge in [0.1, 0.15) is 11.3 Å². The molecule has 0 heterocycles. The Hall–Kier alpha value is -1.29. The quantitative estimate of drug-likeness (QED) is 0.679. The Balaban J connectivity index is 3.27. The minimum Gasteiger partial charge on any atom is -0.507 e. The summed E-state index contributed by atoms with van der Waals surface area (Å²) in [5, 5.41) is 9.78. The smallest absolute Gasteiger partial charge is 0.341 e. The van der Waals surface area contributed by atoms with Crippen molar-refractivity contribution < 1.29 is 14.6 Å². The van der Waals surface area contributed by atoms with Gasteiger partial charge in [0.05, 0.1) is 7.11 Å². The first kappa shape index (κ1) is 11.8. The number of aromatic hydroxyl groups is 1. The van der Waals surface area contributed by atoms with E-state index in [9.17, 15) is 9.90 Å². The third-order valence-electron chi connectivity index (χ3n) is 1.92. The van der Waals surface area contributed by atoms with Gasteiger partial charge in [-0.15, -0.1) is 6.58 Å². The van der Waals surface area contributed by atoms with Gasteiger partial charge in [0, 0.05) is 4.47 Å². The van der Waals surface area contributed by atoms with E-state index in [0.717, 1.165) is 4.47 Å². The van der Waals surface area contributed by atoms with Crippen molar-refractivity contribution in [3.63, 3.8) is 0 Å². The molecule has 3 nitrogen and oxygen atoms in total. The molecule has 1 aromatic rings. The Bertz CT molecular complexity index is 399. The zero-order valence-electron chi connectivity index (χ0n) is 8.29. The topological polar surface area (TPSA) is 46.5 Å². The second-order valence-electron chi connectivity index (χ2n) is 2.95. The highest BCUT2D eigenvalue weighted by atomic mass is 79.9. The number of hydrogen-bond acceptors (Lipinski definition) is 3. The largest absolute Gasteiger partial charge is 0.507 e. The molecule has 0 amide bonds. The Labute approximate surface area is 96.5 Å². The average Bonchev–Trinajstić information content (AvgIpc) is 2.22. The summed E-state index contributed by atoms with van der Waals surface area (Å²) in [7, 11) is 1.27. The van der Waals surface area contributed by atoms with Crippen LogP contribution in [0.5, 0.6) is 5.75 Å². The van der Waals surface area contributed by atoms with Gasteiger partial charge in [0.2, 0.25) is 0 Å².